The molecule has 0 bridgehead atoms. The summed E-state index contributed by atoms with van der Waals surface area (Å²) in [4.78, 5) is 5.20. The number of fused-ring (bicyclic) bond motifs is 1. The lowest BCUT2D eigenvalue weighted by Crippen LogP contribution is -2.38. The van der Waals surface area contributed by atoms with Gasteiger partial charge in [-0.25, -0.2) is 4.73 Å². The Morgan fingerprint density at radius 1 is 1.19 bits per heavy atom. The molecule has 0 aliphatic rings. The zero-order chi connectivity index (χ0) is 18.7. The van der Waals surface area contributed by atoms with Crippen molar-refractivity contribution in [2.24, 2.45) is 0 Å². The van der Waals surface area contributed by atoms with E-state index in [0.717, 1.165) is 21.2 Å². The van der Waals surface area contributed by atoms with Crippen LogP contribution in [0.1, 0.15) is 5.82 Å². The number of rotatable bonds is 5. The minimum atomic E-state index is 0.291. The van der Waals surface area contributed by atoms with Crippen LogP contribution >= 0.6 is 47.7 Å². The van der Waals surface area contributed by atoms with E-state index in [0.29, 0.717) is 28.0 Å². The molecule has 0 amide bonds. The molecule has 0 fully saturated rings. The molecule has 8 heteroatoms. The van der Waals surface area contributed by atoms with E-state index in [1.165, 1.54) is 23.9 Å². The molecule has 134 valence electrons. The molecule has 2 aromatic carbocycles. The predicted molar refractivity (Wildman–Crippen MR) is 116 cm³/mol. The second-order valence-electron chi connectivity index (χ2n) is 5.39. The van der Waals surface area contributed by atoms with Gasteiger partial charge in [-0.1, -0.05) is 54.2 Å². The van der Waals surface area contributed by atoms with Gasteiger partial charge in [-0.15, -0.1) is 0 Å². The molecular weight excluding hydrogens is 406 g/mol. The molecule has 1 aromatic heterocycles. The standard InChI is InChI=1S/C18H16ClN3OS3/c1-25-22(26-2)17(24)11-16-20-15-9-8-13(19)10-14(15)18(21(16)23)12-6-4-3-5-7-12/h3-10H,11H2,1-2H3. The zero-order valence-electron chi connectivity index (χ0n) is 14.2. The molecule has 0 N–H and O–H groups in total. The maximum atomic E-state index is 13.1. The minimum absolute atomic E-state index is 0.291. The highest BCUT2D eigenvalue weighted by Crippen LogP contribution is 2.28. The molecule has 0 saturated heterocycles. The van der Waals surface area contributed by atoms with Gasteiger partial charge in [0.2, 0.25) is 0 Å². The largest absolute Gasteiger partial charge is 0.710 e. The molecule has 0 unspecified atom stereocenters. The Morgan fingerprint density at radius 3 is 2.54 bits per heavy atom. The number of hydrogen-bond donors (Lipinski definition) is 0. The SMILES string of the molecule is CSN(SC)C(=S)Cc1nc2ccc(Cl)cc2c(-c2ccccc2)[n+]1[O-]. The molecule has 4 nitrogen and oxygen atoms in total. The van der Waals surface area contributed by atoms with E-state index in [9.17, 15) is 5.21 Å². The average Bonchev–Trinajstić information content (AvgIpc) is 2.64. The van der Waals surface area contributed by atoms with Crippen molar-refractivity contribution in [2.45, 2.75) is 6.42 Å². The third-order valence-corrected chi connectivity index (χ3v) is 6.58. The highest BCUT2D eigenvalue weighted by atomic mass is 35.5. The fourth-order valence-electron chi connectivity index (χ4n) is 2.68. The topological polar surface area (TPSA) is 43.1 Å². The third-order valence-electron chi connectivity index (χ3n) is 3.79. The zero-order valence-corrected chi connectivity index (χ0v) is 17.4. The maximum Gasteiger partial charge on any atom is 0.309 e. The van der Waals surface area contributed by atoms with Crippen LogP contribution in [0, 0.1) is 5.21 Å². The summed E-state index contributed by atoms with van der Waals surface area (Å²) in [5.41, 5.74) is 2.07. The molecule has 1 heterocycles. The Bertz CT molecular complexity index is 949. The summed E-state index contributed by atoms with van der Waals surface area (Å²) >= 11 is 14.7. The molecule has 0 saturated carbocycles. The van der Waals surface area contributed by atoms with Crippen LogP contribution < -0.4 is 4.73 Å². The first-order chi connectivity index (χ1) is 12.5. The summed E-state index contributed by atoms with van der Waals surface area (Å²) in [6.45, 7) is 0. The van der Waals surface area contributed by atoms with Crippen molar-refractivity contribution in [3.8, 4) is 11.3 Å². The minimum Gasteiger partial charge on any atom is -0.710 e. The molecule has 3 rings (SSSR count). The molecule has 0 spiro atoms. The highest BCUT2D eigenvalue weighted by Gasteiger charge is 2.22. The second kappa shape index (κ2) is 8.43. The smallest absolute Gasteiger partial charge is 0.309 e. The first-order valence-electron chi connectivity index (χ1n) is 7.73. The number of hydrogen-bond acceptors (Lipinski definition) is 5. The molecule has 0 aliphatic carbocycles. The van der Waals surface area contributed by atoms with Gasteiger partial charge in [-0.3, -0.25) is 3.71 Å². The van der Waals surface area contributed by atoms with Crippen molar-refractivity contribution in [2.75, 3.05) is 12.5 Å². The number of aromatic nitrogens is 2. The summed E-state index contributed by atoms with van der Waals surface area (Å²) in [7, 11) is 0. The Labute approximate surface area is 171 Å². The van der Waals surface area contributed by atoms with Gasteiger partial charge in [0.05, 0.1) is 5.39 Å². The third kappa shape index (κ3) is 3.91. The van der Waals surface area contributed by atoms with Crippen LogP contribution in [0.5, 0.6) is 0 Å². The van der Waals surface area contributed by atoms with Gasteiger partial charge in [0, 0.05) is 23.1 Å². The monoisotopic (exact) mass is 421 g/mol. The molecule has 3 aromatic rings. The van der Waals surface area contributed by atoms with Crippen molar-refractivity contribution in [3.63, 3.8) is 0 Å². The molecular formula is C18H16ClN3OS3. The van der Waals surface area contributed by atoms with Crippen LogP contribution in [-0.2, 0) is 6.42 Å². The number of thiocarbonyl (C=S) groups is 1. The van der Waals surface area contributed by atoms with Crippen LogP contribution in [0.25, 0.3) is 22.2 Å². The second-order valence-corrected chi connectivity index (χ2v) is 7.99. The summed E-state index contributed by atoms with van der Waals surface area (Å²) in [6.07, 6.45) is 4.18. The number of benzene rings is 2. The van der Waals surface area contributed by atoms with Gasteiger partial charge in [0.25, 0.3) is 0 Å². The summed E-state index contributed by atoms with van der Waals surface area (Å²) < 4.78 is 2.77. The van der Waals surface area contributed by atoms with Crippen molar-refractivity contribution in [1.82, 2.24) is 8.69 Å². The van der Waals surface area contributed by atoms with Gasteiger partial charge in [0.1, 0.15) is 17.1 Å². The van der Waals surface area contributed by atoms with E-state index >= 15 is 0 Å². The maximum absolute atomic E-state index is 13.1. The van der Waals surface area contributed by atoms with Gasteiger partial charge in [-0.05, 0) is 47.1 Å². The molecule has 0 aliphatic heterocycles. The Balaban J connectivity index is 2.18. The van der Waals surface area contributed by atoms with Gasteiger partial charge in [0.15, 0.2) is 5.52 Å². The van der Waals surface area contributed by atoms with Crippen molar-refractivity contribution in [3.05, 3.63) is 64.6 Å². The molecule has 26 heavy (non-hydrogen) atoms. The van der Waals surface area contributed by atoms with Crippen LogP contribution in [-0.4, -0.2) is 26.2 Å². The van der Waals surface area contributed by atoms with Crippen LogP contribution in [0.2, 0.25) is 5.02 Å². The lowest BCUT2D eigenvalue weighted by molar-refractivity contribution is -0.603. The van der Waals surface area contributed by atoms with E-state index in [-0.39, 0.29) is 0 Å². The predicted octanol–water partition coefficient (Wildman–Crippen LogP) is 4.92. The Morgan fingerprint density at radius 2 is 1.88 bits per heavy atom. The van der Waals surface area contributed by atoms with Crippen LogP contribution in [0.3, 0.4) is 0 Å². The fourth-order valence-corrected chi connectivity index (χ4v) is 4.56. The van der Waals surface area contributed by atoms with Gasteiger partial charge >= 0.3 is 5.82 Å². The highest BCUT2D eigenvalue weighted by molar-refractivity contribution is 8.13. The van der Waals surface area contributed by atoms with Crippen molar-refractivity contribution in [1.29, 1.82) is 0 Å². The fraction of sp³-hybridized carbons (Fsp3) is 0.167. The van der Waals surface area contributed by atoms with Gasteiger partial charge in [-0.2, -0.15) is 0 Å². The normalized spacial score (nSPS) is 10.9. The molecule has 0 radical (unpaired) electrons. The first-order valence-corrected chi connectivity index (χ1v) is 10.9. The van der Waals surface area contributed by atoms with Gasteiger partial charge < -0.3 is 5.21 Å². The molecule has 0 atom stereocenters. The number of halogens is 1. The lowest BCUT2D eigenvalue weighted by Gasteiger charge is -2.19. The summed E-state index contributed by atoms with van der Waals surface area (Å²) in [5.74, 6) is 0.372. The Hall–Kier alpha value is -1.54. The lowest BCUT2D eigenvalue weighted by atomic mass is 10.1. The van der Waals surface area contributed by atoms with E-state index in [2.05, 4.69) is 4.98 Å². The van der Waals surface area contributed by atoms with Crippen LogP contribution in [0.4, 0.5) is 0 Å². The van der Waals surface area contributed by atoms with E-state index in [1.807, 2.05) is 52.6 Å². The quantitative estimate of drug-likeness (QED) is 0.252. The summed E-state index contributed by atoms with van der Waals surface area (Å²) in [5, 5.41) is 14.4. The van der Waals surface area contributed by atoms with E-state index in [4.69, 9.17) is 23.8 Å². The first kappa shape index (κ1) is 19.2. The van der Waals surface area contributed by atoms with Crippen molar-refractivity contribution >= 4 is 63.6 Å². The van der Waals surface area contributed by atoms with E-state index < -0.39 is 0 Å². The van der Waals surface area contributed by atoms with Crippen molar-refractivity contribution < 1.29 is 4.73 Å². The average molecular weight is 422 g/mol. The Kier molecular flexibility index (Phi) is 6.24. The summed E-state index contributed by atoms with van der Waals surface area (Å²) in [6, 6.07) is 14.9. The number of nitrogens with zero attached hydrogens (tertiary/aromatic N) is 3. The van der Waals surface area contributed by atoms with Crippen LogP contribution in [0.15, 0.2) is 48.5 Å². The van der Waals surface area contributed by atoms with E-state index in [1.54, 1.807) is 12.1 Å².